The topological polar surface area (TPSA) is 36.4 Å². The van der Waals surface area contributed by atoms with Gasteiger partial charge in [0, 0.05) is 19.1 Å². The minimum atomic E-state index is -0.347. The van der Waals surface area contributed by atoms with Crippen LogP contribution < -0.4 is 10.6 Å². The Bertz CT molecular complexity index is 497. The summed E-state index contributed by atoms with van der Waals surface area (Å²) in [7, 11) is 0. The minimum absolute atomic E-state index is 0.215. The van der Waals surface area contributed by atoms with E-state index in [0.717, 1.165) is 43.9 Å². The Morgan fingerprint density at radius 1 is 1.37 bits per heavy atom. The summed E-state index contributed by atoms with van der Waals surface area (Å²) in [6.07, 6.45) is 3.19. The zero-order valence-electron chi connectivity index (χ0n) is 10.6. The van der Waals surface area contributed by atoms with E-state index in [9.17, 15) is 4.39 Å². The van der Waals surface area contributed by atoms with Crippen molar-refractivity contribution in [1.29, 1.82) is 0 Å². The van der Waals surface area contributed by atoms with Gasteiger partial charge in [-0.3, -0.25) is 4.99 Å². The molecule has 2 N–H and O–H groups in total. The van der Waals surface area contributed by atoms with Gasteiger partial charge in [0.05, 0.1) is 5.02 Å². The van der Waals surface area contributed by atoms with Gasteiger partial charge in [-0.05, 0) is 42.9 Å². The highest BCUT2D eigenvalue weighted by Gasteiger charge is 2.31. The van der Waals surface area contributed by atoms with Crippen LogP contribution in [-0.4, -0.2) is 25.1 Å². The third-order valence-electron chi connectivity index (χ3n) is 3.79. The average Bonchev–Trinajstić information content (AvgIpc) is 2.38. The number of nitrogens with one attached hydrogen (secondary N) is 2. The van der Waals surface area contributed by atoms with Crippen LogP contribution in [0, 0.1) is 5.82 Å². The molecule has 0 aromatic heterocycles. The zero-order chi connectivity index (χ0) is 13.2. The summed E-state index contributed by atoms with van der Waals surface area (Å²) in [5.74, 6) is 1.05. The third kappa shape index (κ3) is 2.84. The first-order chi connectivity index (χ1) is 9.22. The number of aliphatic imine (C=N–C) groups is 1. The first-order valence-electron chi connectivity index (χ1n) is 6.72. The Morgan fingerprint density at radius 3 is 2.89 bits per heavy atom. The monoisotopic (exact) mass is 281 g/mol. The summed E-state index contributed by atoms with van der Waals surface area (Å²) in [5.41, 5.74) is 1.13. The number of hydrogen-bond acceptors (Lipinski definition) is 3. The predicted molar refractivity (Wildman–Crippen MR) is 75.2 cm³/mol. The lowest BCUT2D eigenvalue weighted by Crippen LogP contribution is -2.50. The van der Waals surface area contributed by atoms with Crippen LogP contribution >= 0.6 is 11.6 Å². The molecule has 1 aromatic carbocycles. The lowest BCUT2D eigenvalue weighted by atomic mass is 9.76. The van der Waals surface area contributed by atoms with Crippen molar-refractivity contribution in [2.24, 2.45) is 4.99 Å². The van der Waals surface area contributed by atoms with Crippen LogP contribution in [0.3, 0.4) is 0 Å². The summed E-state index contributed by atoms with van der Waals surface area (Å²) < 4.78 is 13.1. The van der Waals surface area contributed by atoms with Crippen LogP contribution in [-0.2, 0) is 0 Å². The molecule has 0 unspecified atom stereocenters. The maximum atomic E-state index is 13.1. The second kappa shape index (κ2) is 5.37. The van der Waals surface area contributed by atoms with Crippen LogP contribution in [0.2, 0.25) is 5.02 Å². The van der Waals surface area contributed by atoms with Gasteiger partial charge >= 0.3 is 0 Å². The number of nitrogens with zero attached hydrogens (tertiary/aromatic N) is 1. The van der Waals surface area contributed by atoms with Gasteiger partial charge in [0.1, 0.15) is 5.82 Å². The molecule has 2 aliphatic rings. The largest absolute Gasteiger partial charge is 0.356 e. The molecule has 0 bridgehead atoms. The molecule has 3 rings (SSSR count). The fourth-order valence-electron chi connectivity index (χ4n) is 2.60. The Morgan fingerprint density at radius 2 is 2.21 bits per heavy atom. The van der Waals surface area contributed by atoms with Crippen LogP contribution in [0.25, 0.3) is 0 Å². The van der Waals surface area contributed by atoms with Gasteiger partial charge in [-0.1, -0.05) is 17.7 Å². The van der Waals surface area contributed by atoms with Crippen molar-refractivity contribution in [1.82, 2.24) is 10.6 Å². The van der Waals surface area contributed by atoms with Gasteiger partial charge in [0.2, 0.25) is 0 Å². The van der Waals surface area contributed by atoms with Crippen molar-refractivity contribution in [2.45, 2.75) is 31.2 Å². The van der Waals surface area contributed by atoms with Gasteiger partial charge in [0.15, 0.2) is 5.96 Å². The van der Waals surface area contributed by atoms with Crippen LogP contribution in [0.5, 0.6) is 0 Å². The number of guanidine groups is 1. The van der Waals surface area contributed by atoms with Gasteiger partial charge in [-0.2, -0.15) is 0 Å². The maximum absolute atomic E-state index is 13.1. The molecule has 1 aliphatic heterocycles. The second-order valence-corrected chi connectivity index (χ2v) is 5.60. The molecule has 0 radical (unpaired) electrons. The molecule has 1 fully saturated rings. The van der Waals surface area contributed by atoms with E-state index < -0.39 is 0 Å². The van der Waals surface area contributed by atoms with Crippen molar-refractivity contribution < 1.29 is 4.39 Å². The highest BCUT2D eigenvalue weighted by molar-refractivity contribution is 6.30. The predicted octanol–water partition coefficient (Wildman–Crippen LogP) is 2.66. The molecular weight excluding hydrogens is 265 g/mol. The van der Waals surface area contributed by atoms with Crippen LogP contribution in [0.15, 0.2) is 23.2 Å². The summed E-state index contributed by atoms with van der Waals surface area (Å²) in [5, 5.41) is 6.89. The van der Waals surface area contributed by atoms with Crippen molar-refractivity contribution in [3.05, 3.63) is 34.6 Å². The fourth-order valence-corrected chi connectivity index (χ4v) is 2.79. The summed E-state index contributed by atoms with van der Waals surface area (Å²) in [4.78, 5) is 4.40. The molecule has 1 aliphatic carbocycles. The average molecular weight is 282 g/mol. The fraction of sp³-hybridized carbons (Fsp3) is 0.500. The SMILES string of the molecule is Fc1ccc(C2CC(NC3=NCCCN3)C2)cc1Cl. The van der Waals surface area contributed by atoms with Crippen molar-refractivity contribution in [2.75, 3.05) is 13.1 Å². The molecule has 0 saturated heterocycles. The number of hydrogen-bond donors (Lipinski definition) is 2. The molecule has 19 heavy (non-hydrogen) atoms. The van der Waals surface area contributed by atoms with Crippen LogP contribution in [0.1, 0.15) is 30.7 Å². The molecule has 1 aromatic rings. The lowest BCUT2D eigenvalue weighted by Gasteiger charge is -2.37. The smallest absolute Gasteiger partial charge is 0.191 e. The summed E-state index contributed by atoms with van der Waals surface area (Å²) in [6.45, 7) is 1.90. The minimum Gasteiger partial charge on any atom is -0.356 e. The van der Waals surface area contributed by atoms with E-state index in [1.165, 1.54) is 6.07 Å². The van der Waals surface area contributed by atoms with E-state index in [-0.39, 0.29) is 10.8 Å². The Hall–Kier alpha value is -1.29. The van der Waals surface area contributed by atoms with Gasteiger partial charge in [0.25, 0.3) is 0 Å². The Balaban J connectivity index is 1.54. The molecule has 102 valence electrons. The highest BCUT2D eigenvalue weighted by atomic mass is 35.5. The zero-order valence-corrected chi connectivity index (χ0v) is 11.4. The van der Waals surface area contributed by atoms with E-state index in [4.69, 9.17) is 11.6 Å². The van der Waals surface area contributed by atoms with E-state index >= 15 is 0 Å². The van der Waals surface area contributed by atoms with Crippen molar-refractivity contribution in [3.63, 3.8) is 0 Å². The Labute approximate surface area is 117 Å². The molecule has 5 heteroatoms. The first kappa shape index (κ1) is 12.7. The highest BCUT2D eigenvalue weighted by Crippen LogP contribution is 2.38. The van der Waals surface area contributed by atoms with Crippen LogP contribution in [0.4, 0.5) is 4.39 Å². The second-order valence-electron chi connectivity index (χ2n) is 5.19. The van der Waals surface area contributed by atoms with Crippen molar-refractivity contribution >= 4 is 17.6 Å². The molecule has 3 nitrogen and oxygen atoms in total. The van der Waals surface area contributed by atoms with Gasteiger partial charge in [-0.25, -0.2) is 4.39 Å². The standard InChI is InChI=1S/C14H17ClFN3/c15-12-8-9(2-3-13(12)16)10-6-11(7-10)19-14-17-4-1-5-18-14/h2-3,8,10-11H,1,4-7H2,(H2,17,18,19). The first-order valence-corrected chi connectivity index (χ1v) is 7.10. The number of benzene rings is 1. The molecule has 0 atom stereocenters. The third-order valence-corrected chi connectivity index (χ3v) is 4.08. The van der Waals surface area contributed by atoms with Crippen molar-refractivity contribution in [3.8, 4) is 0 Å². The van der Waals surface area contributed by atoms with E-state index in [1.807, 2.05) is 6.07 Å². The van der Waals surface area contributed by atoms with E-state index in [1.54, 1.807) is 6.07 Å². The molecule has 0 spiro atoms. The van der Waals surface area contributed by atoms with Gasteiger partial charge < -0.3 is 10.6 Å². The molecule has 1 saturated carbocycles. The Kier molecular flexibility index (Phi) is 3.60. The van der Waals surface area contributed by atoms with E-state index in [2.05, 4.69) is 15.6 Å². The maximum Gasteiger partial charge on any atom is 0.191 e. The lowest BCUT2D eigenvalue weighted by molar-refractivity contribution is 0.321. The van der Waals surface area contributed by atoms with Gasteiger partial charge in [-0.15, -0.1) is 0 Å². The summed E-state index contributed by atoms with van der Waals surface area (Å²) >= 11 is 5.81. The molecular formula is C14H17ClFN3. The van der Waals surface area contributed by atoms with E-state index in [0.29, 0.717) is 12.0 Å². The molecule has 0 amide bonds. The summed E-state index contributed by atoms with van der Waals surface area (Å²) in [6, 6.07) is 5.48. The normalized spacial score (nSPS) is 26.1. The number of rotatable bonds is 2. The quantitative estimate of drug-likeness (QED) is 0.874. The molecule has 1 heterocycles. The number of halogens is 2.